The quantitative estimate of drug-likeness (QED) is 0.611. The first-order valence-electron chi connectivity index (χ1n) is 8.95. The van der Waals surface area contributed by atoms with E-state index in [0.717, 1.165) is 16.5 Å². The molecule has 1 aliphatic rings. The number of nitrogens with zero attached hydrogens (tertiary/aromatic N) is 3. The smallest absolute Gasteiger partial charge is 0.361 e. The van der Waals surface area contributed by atoms with E-state index in [9.17, 15) is 22.8 Å². The summed E-state index contributed by atoms with van der Waals surface area (Å²) in [4.78, 5) is 29.4. The van der Waals surface area contributed by atoms with Crippen LogP contribution in [0, 0.1) is 5.92 Å². The molecule has 0 bridgehead atoms. The number of amides is 2. The van der Waals surface area contributed by atoms with Crippen molar-refractivity contribution in [3.05, 3.63) is 40.0 Å². The van der Waals surface area contributed by atoms with Crippen LogP contribution in [-0.4, -0.2) is 45.0 Å². The largest absolute Gasteiger partial charge is 0.445 e. The van der Waals surface area contributed by atoms with Crippen molar-refractivity contribution >= 4 is 50.8 Å². The van der Waals surface area contributed by atoms with Gasteiger partial charge in [-0.05, 0) is 30.2 Å². The highest BCUT2D eigenvalue weighted by Crippen LogP contribution is 2.33. The fourth-order valence-corrected chi connectivity index (χ4v) is 4.16. The van der Waals surface area contributed by atoms with E-state index in [-0.39, 0.29) is 35.3 Å². The third-order valence-corrected chi connectivity index (χ3v) is 5.98. The summed E-state index contributed by atoms with van der Waals surface area (Å²) in [6.45, 7) is 0.609. The number of fused-ring (bicyclic) bond motifs is 1. The Morgan fingerprint density at radius 3 is 2.90 bits per heavy atom. The van der Waals surface area contributed by atoms with E-state index >= 15 is 0 Å². The van der Waals surface area contributed by atoms with Crippen LogP contribution in [0.15, 0.2) is 24.4 Å². The van der Waals surface area contributed by atoms with Crippen LogP contribution in [0.3, 0.4) is 0 Å². The Kier molecular flexibility index (Phi) is 5.41. The van der Waals surface area contributed by atoms with Gasteiger partial charge in [0.2, 0.25) is 22.0 Å². The first-order valence-corrected chi connectivity index (χ1v) is 10.1. The summed E-state index contributed by atoms with van der Waals surface area (Å²) in [5.74, 6) is -1.39. The van der Waals surface area contributed by atoms with Crippen LogP contribution >= 0.6 is 22.9 Å². The molecule has 2 aromatic heterocycles. The Morgan fingerprint density at radius 1 is 1.37 bits per heavy atom. The average molecular weight is 458 g/mol. The second kappa shape index (κ2) is 7.88. The highest BCUT2D eigenvalue weighted by atomic mass is 35.5. The Labute approximate surface area is 177 Å². The number of hydrogen-bond donors (Lipinski definition) is 2. The van der Waals surface area contributed by atoms with Gasteiger partial charge in [-0.25, -0.2) is 0 Å². The van der Waals surface area contributed by atoms with Crippen molar-refractivity contribution in [1.29, 1.82) is 0 Å². The third-order valence-electron chi connectivity index (χ3n) is 4.86. The maximum absolute atomic E-state index is 12.6. The number of aromatic nitrogens is 3. The average Bonchev–Trinajstić information content (AvgIpc) is 3.38. The van der Waals surface area contributed by atoms with E-state index in [2.05, 4.69) is 20.5 Å². The highest BCUT2D eigenvalue weighted by Gasteiger charge is 2.37. The Bertz CT molecular complexity index is 1110. The van der Waals surface area contributed by atoms with Crippen molar-refractivity contribution in [2.24, 2.45) is 5.92 Å². The van der Waals surface area contributed by atoms with Crippen LogP contribution in [0.2, 0.25) is 5.02 Å². The minimum absolute atomic E-state index is 0.00349. The van der Waals surface area contributed by atoms with Crippen molar-refractivity contribution in [1.82, 2.24) is 20.1 Å². The van der Waals surface area contributed by atoms with Gasteiger partial charge in [0.1, 0.15) is 0 Å². The van der Waals surface area contributed by atoms with Crippen molar-refractivity contribution < 1.29 is 22.8 Å². The molecule has 0 aliphatic carbocycles. The molecule has 3 heterocycles. The van der Waals surface area contributed by atoms with Gasteiger partial charge in [0, 0.05) is 41.6 Å². The number of hydrogen-bond acceptors (Lipinski definition) is 5. The molecule has 0 radical (unpaired) electrons. The molecule has 1 aromatic carbocycles. The van der Waals surface area contributed by atoms with Gasteiger partial charge in [0.15, 0.2) is 0 Å². The van der Waals surface area contributed by atoms with Crippen LogP contribution in [0.4, 0.5) is 18.3 Å². The van der Waals surface area contributed by atoms with Crippen molar-refractivity contribution in [3.8, 4) is 0 Å². The van der Waals surface area contributed by atoms with Crippen LogP contribution < -0.4 is 5.32 Å². The molecule has 7 nitrogen and oxygen atoms in total. The summed E-state index contributed by atoms with van der Waals surface area (Å²) in [6, 6.07) is 5.51. The third kappa shape index (κ3) is 4.26. The molecule has 158 valence electrons. The predicted octanol–water partition coefficient (Wildman–Crippen LogP) is 3.72. The van der Waals surface area contributed by atoms with Crippen LogP contribution in [0.5, 0.6) is 0 Å². The number of likely N-dealkylation sites (tertiary alicyclic amines) is 1. The molecule has 1 atom stereocenters. The number of nitrogens with one attached hydrogen (secondary N) is 2. The molecule has 2 amide bonds. The van der Waals surface area contributed by atoms with E-state index < -0.39 is 23.0 Å². The highest BCUT2D eigenvalue weighted by molar-refractivity contribution is 7.15. The Morgan fingerprint density at radius 2 is 2.17 bits per heavy atom. The van der Waals surface area contributed by atoms with E-state index in [1.165, 1.54) is 0 Å². The normalized spacial score (nSPS) is 17.1. The van der Waals surface area contributed by atoms with Crippen molar-refractivity contribution in [2.45, 2.75) is 19.0 Å². The molecular formula is C18H15ClF3N5O2S. The SMILES string of the molecule is O=C(Nc1nnc(C(F)(F)F)s1)[C@@H]1CC(=O)N(CCc2c[nH]c3ccc(Cl)cc23)C1. The zero-order valence-corrected chi connectivity index (χ0v) is 16.9. The molecule has 4 rings (SSSR count). The van der Waals surface area contributed by atoms with E-state index in [1.54, 1.807) is 11.0 Å². The molecular weight excluding hydrogens is 443 g/mol. The minimum atomic E-state index is -4.62. The number of benzene rings is 1. The van der Waals surface area contributed by atoms with Gasteiger partial charge in [0.05, 0.1) is 5.92 Å². The molecule has 0 unspecified atom stereocenters. The zero-order chi connectivity index (χ0) is 21.5. The Balaban J connectivity index is 1.36. The maximum atomic E-state index is 12.6. The fraction of sp³-hybridized carbons (Fsp3) is 0.333. The maximum Gasteiger partial charge on any atom is 0.445 e. The summed E-state index contributed by atoms with van der Waals surface area (Å²) in [5, 5.41) is 8.90. The number of halogens is 4. The first-order chi connectivity index (χ1) is 14.2. The molecule has 2 N–H and O–H groups in total. The Hall–Kier alpha value is -2.66. The van der Waals surface area contributed by atoms with Crippen LogP contribution in [0.1, 0.15) is 17.0 Å². The number of anilines is 1. The van der Waals surface area contributed by atoms with Gasteiger partial charge >= 0.3 is 6.18 Å². The number of carbonyl (C=O) groups excluding carboxylic acids is 2. The van der Waals surface area contributed by atoms with Gasteiger partial charge < -0.3 is 15.2 Å². The lowest BCUT2D eigenvalue weighted by Crippen LogP contribution is -2.30. The molecule has 1 fully saturated rings. The topological polar surface area (TPSA) is 91.0 Å². The molecule has 3 aromatic rings. The van der Waals surface area contributed by atoms with Crippen molar-refractivity contribution in [3.63, 3.8) is 0 Å². The lowest BCUT2D eigenvalue weighted by atomic mass is 10.1. The summed E-state index contributed by atoms with van der Waals surface area (Å²) in [6.07, 6.45) is -2.19. The molecule has 0 saturated carbocycles. The lowest BCUT2D eigenvalue weighted by Gasteiger charge is -2.16. The fourth-order valence-electron chi connectivity index (χ4n) is 3.37. The summed E-state index contributed by atoms with van der Waals surface area (Å²) < 4.78 is 37.8. The van der Waals surface area contributed by atoms with Gasteiger partial charge in [-0.1, -0.05) is 22.9 Å². The number of alkyl halides is 3. The number of aromatic amines is 1. The first kappa shape index (κ1) is 20.6. The van der Waals surface area contributed by atoms with E-state index in [1.807, 2.05) is 18.3 Å². The molecule has 1 aliphatic heterocycles. The van der Waals surface area contributed by atoms with E-state index in [0.29, 0.717) is 18.0 Å². The standard InChI is InChI=1S/C18H15ClF3N5O2S/c19-11-1-2-13-12(6-11)9(7-23-13)3-4-27-8-10(5-14(27)28)15(29)24-17-26-25-16(30-17)18(20,21)22/h1-2,6-7,10,23H,3-5,8H2,(H,24,26,29)/t10-/m1/s1. The molecule has 0 spiro atoms. The number of carbonyl (C=O) groups is 2. The van der Waals surface area contributed by atoms with Gasteiger partial charge in [-0.2, -0.15) is 13.2 Å². The molecule has 1 saturated heterocycles. The summed E-state index contributed by atoms with van der Waals surface area (Å²) in [7, 11) is 0. The van der Waals surface area contributed by atoms with E-state index in [4.69, 9.17) is 11.6 Å². The monoisotopic (exact) mass is 457 g/mol. The predicted molar refractivity (Wildman–Crippen MR) is 105 cm³/mol. The minimum Gasteiger partial charge on any atom is -0.361 e. The lowest BCUT2D eigenvalue weighted by molar-refractivity contribution is -0.138. The summed E-state index contributed by atoms with van der Waals surface area (Å²) >= 11 is 6.30. The van der Waals surface area contributed by atoms with Crippen LogP contribution in [0.25, 0.3) is 10.9 Å². The van der Waals surface area contributed by atoms with Gasteiger partial charge in [0.25, 0.3) is 0 Å². The zero-order valence-electron chi connectivity index (χ0n) is 15.3. The van der Waals surface area contributed by atoms with Crippen LogP contribution in [-0.2, 0) is 22.2 Å². The van der Waals surface area contributed by atoms with Gasteiger partial charge in [-0.15, -0.1) is 10.2 Å². The van der Waals surface area contributed by atoms with Crippen molar-refractivity contribution in [2.75, 3.05) is 18.4 Å². The summed E-state index contributed by atoms with van der Waals surface area (Å²) in [5.41, 5.74) is 1.94. The molecule has 30 heavy (non-hydrogen) atoms. The number of rotatable bonds is 5. The molecule has 12 heteroatoms. The number of H-pyrrole nitrogens is 1. The van der Waals surface area contributed by atoms with Gasteiger partial charge in [-0.3, -0.25) is 9.59 Å². The second-order valence-corrected chi connectivity index (χ2v) is 8.31. The second-order valence-electron chi connectivity index (χ2n) is 6.89.